The number of nitrogens with one attached hydrogen (secondary N) is 1. The van der Waals surface area contributed by atoms with E-state index in [4.69, 9.17) is 5.11 Å². The summed E-state index contributed by atoms with van der Waals surface area (Å²) in [6.07, 6.45) is 2.98. The van der Waals surface area contributed by atoms with Gasteiger partial charge in [-0.1, -0.05) is 23.2 Å². The maximum absolute atomic E-state index is 12.1. The lowest BCUT2D eigenvalue weighted by Crippen LogP contribution is -2.13. The van der Waals surface area contributed by atoms with Gasteiger partial charge in [-0.25, -0.2) is 0 Å². The molecule has 7 heteroatoms. The van der Waals surface area contributed by atoms with E-state index in [-0.39, 0.29) is 12.5 Å². The largest absolute Gasteiger partial charge is 0.384 e. The third-order valence-electron chi connectivity index (χ3n) is 2.11. The highest BCUT2D eigenvalue weighted by molar-refractivity contribution is 7.15. The van der Waals surface area contributed by atoms with Crippen LogP contribution in [0.1, 0.15) is 20.9 Å². The van der Waals surface area contributed by atoms with E-state index >= 15 is 0 Å². The standard InChI is InChI=1S/C12H10N4O2S/c1-8-15-16-12(19-8)14-11(18)10-4-5-13-7-9(10)3-2-6-17/h4-5,7,17H,6H2,1H3,(H,14,16,18). The van der Waals surface area contributed by atoms with Crippen molar-refractivity contribution in [3.05, 3.63) is 34.6 Å². The van der Waals surface area contributed by atoms with Gasteiger partial charge in [0.25, 0.3) is 5.91 Å². The zero-order valence-electron chi connectivity index (χ0n) is 10.0. The van der Waals surface area contributed by atoms with Crippen LogP contribution in [0.15, 0.2) is 18.5 Å². The van der Waals surface area contributed by atoms with Gasteiger partial charge in [-0.05, 0) is 13.0 Å². The Morgan fingerprint density at radius 3 is 3.05 bits per heavy atom. The first-order valence-corrected chi connectivity index (χ1v) is 6.17. The number of hydrogen-bond donors (Lipinski definition) is 2. The predicted molar refractivity (Wildman–Crippen MR) is 70.8 cm³/mol. The van der Waals surface area contributed by atoms with Gasteiger partial charge < -0.3 is 5.11 Å². The summed E-state index contributed by atoms with van der Waals surface area (Å²) < 4.78 is 0. The summed E-state index contributed by atoms with van der Waals surface area (Å²) in [6.45, 7) is 1.53. The van der Waals surface area contributed by atoms with Gasteiger partial charge in [-0.2, -0.15) is 0 Å². The second-order valence-electron chi connectivity index (χ2n) is 3.46. The maximum Gasteiger partial charge on any atom is 0.258 e. The Hall–Kier alpha value is -2.30. The fourth-order valence-corrected chi connectivity index (χ4v) is 1.93. The molecule has 0 aromatic carbocycles. The molecule has 19 heavy (non-hydrogen) atoms. The number of carbonyl (C=O) groups is 1. The van der Waals surface area contributed by atoms with Crippen molar-refractivity contribution in [1.29, 1.82) is 0 Å². The summed E-state index contributed by atoms with van der Waals surface area (Å²) in [6, 6.07) is 1.56. The number of amides is 1. The Bertz CT molecular complexity index is 657. The molecule has 0 aliphatic rings. The molecule has 0 saturated carbocycles. The van der Waals surface area contributed by atoms with Crippen molar-refractivity contribution in [2.75, 3.05) is 11.9 Å². The van der Waals surface area contributed by atoms with Gasteiger partial charge in [-0.15, -0.1) is 10.2 Å². The minimum absolute atomic E-state index is 0.272. The summed E-state index contributed by atoms with van der Waals surface area (Å²) in [7, 11) is 0. The number of aryl methyl sites for hydroxylation is 1. The predicted octanol–water partition coefficient (Wildman–Crippen LogP) is 0.838. The molecule has 2 N–H and O–H groups in total. The number of anilines is 1. The number of rotatable bonds is 2. The summed E-state index contributed by atoms with van der Waals surface area (Å²) in [5.74, 6) is 4.83. The monoisotopic (exact) mass is 274 g/mol. The van der Waals surface area contributed by atoms with E-state index in [1.165, 1.54) is 23.7 Å². The van der Waals surface area contributed by atoms with E-state index in [1.54, 1.807) is 13.0 Å². The van der Waals surface area contributed by atoms with Crippen LogP contribution in [0.4, 0.5) is 5.13 Å². The molecule has 0 aliphatic carbocycles. The third-order valence-corrected chi connectivity index (χ3v) is 2.87. The Labute approximate surface area is 113 Å². The van der Waals surface area contributed by atoms with E-state index in [0.717, 1.165) is 5.01 Å². The van der Waals surface area contributed by atoms with E-state index in [9.17, 15) is 4.79 Å². The highest BCUT2D eigenvalue weighted by Gasteiger charge is 2.12. The van der Waals surface area contributed by atoms with Crippen LogP contribution in [0.2, 0.25) is 0 Å². The smallest absolute Gasteiger partial charge is 0.258 e. The normalized spacial score (nSPS) is 9.58. The Kier molecular flexibility index (Phi) is 4.18. The first-order chi connectivity index (χ1) is 9.20. The third kappa shape index (κ3) is 3.34. The number of carbonyl (C=O) groups excluding carboxylic acids is 1. The summed E-state index contributed by atoms with van der Waals surface area (Å²) in [5.41, 5.74) is 0.832. The van der Waals surface area contributed by atoms with Crippen molar-refractivity contribution < 1.29 is 9.90 Å². The number of aromatic nitrogens is 3. The molecule has 2 heterocycles. The Morgan fingerprint density at radius 2 is 2.37 bits per heavy atom. The quantitative estimate of drug-likeness (QED) is 0.792. The average molecular weight is 274 g/mol. The summed E-state index contributed by atoms with van der Waals surface area (Å²) in [4.78, 5) is 16.0. The molecular weight excluding hydrogens is 264 g/mol. The number of hydrogen-bond acceptors (Lipinski definition) is 6. The van der Waals surface area contributed by atoms with Gasteiger partial charge in [0.05, 0.1) is 11.1 Å². The zero-order valence-corrected chi connectivity index (χ0v) is 10.9. The molecule has 2 aromatic rings. The van der Waals surface area contributed by atoms with Gasteiger partial charge in [0.15, 0.2) is 0 Å². The molecule has 0 unspecified atom stereocenters. The van der Waals surface area contributed by atoms with Crippen LogP contribution < -0.4 is 5.32 Å². The Balaban J connectivity index is 2.23. The SMILES string of the molecule is Cc1nnc(NC(=O)c2ccncc2C#CCO)s1. The zero-order chi connectivity index (χ0) is 13.7. The molecule has 0 spiro atoms. The van der Waals surface area contributed by atoms with E-state index in [0.29, 0.717) is 16.3 Å². The summed E-state index contributed by atoms with van der Waals surface area (Å²) in [5, 5.41) is 20.2. The summed E-state index contributed by atoms with van der Waals surface area (Å²) >= 11 is 1.29. The molecule has 1 amide bonds. The van der Waals surface area contributed by atoms with Crippen LogP contribution in [0.25, 0.3) is 0 Å². The van der Waals surface area contributed by atoms with Gasteiger partial charge >= 0.3 is 0 Å². The molecule has 2 rings (SSSR count). The minimum atomic E-state index is -0.333. The van der Waals surface area contributed by atoms with Crippen LogP contribution in [-0.2, 0) is 0 Å². The number of aliphatic hydroxyl groups excluding tert-OH is 1. The second kappa shape index (κ2) is 6.04. The van der Waals surface area contributed by atoms with Gasteiger partial charge in [0, 0.05) is 12.4 Å². The number of nitrogens with zero attached hydrogens (tertiary/aromatic N) is 3. The van der Waals surface area contributed by atoms with E-state index in [1.807, 2.05) is 0 Å². The molecule has 2 aromatic heterocycles. The first kappa shape index (κ1) is 13.1. The molecule has 0 bridgehead atoms. The molecule has 0 atom stereocenters. The fraction of sp³-hybridized carbons (Fsp3) is 0.167. The second-order valence-corrected chi connectivity index (χ2v) is 4.64. The van der Waals surface area contributed by atoms with Gasteiger partial charge in [0.1, 0.15) is 11.6 Å². The van der Waals surface area contributed by atoms with Crippen molar-refractivity contribution in [2.24, 2.45) is 0 Å². The van der Waals surface area contributed by atoms with Gasteiger partial charge in [-0.3, -0.25) is 15.1 Å². The molecule has 0 radical (unpaired) electrons. The number of pyridine rings is 1. The molecule has 0 aliphatic heterocycles. The lowest BCUT2D eigenvalue weighted by Gasteiger charge is -2.03. The Morgan fingerprint density at radius 1 is 1.53 bits per heavy atom. The van der Waals surface area contributed by atoms with Crippen LogP contribution in [0, 0.1) is 18.8 Å². The average Bonchev–Trinajstić information content (AvgIpc) is 2.82. The fourth-order valence-electron chi connectivity index (χ4n) is 1.34. The van der Waals surface area contributed by atoms with Crippen LogP contribution in [0.5, 0.6) is 0 Å². The number of aliphatic hydroxyl groups is 1. The van der Waals surface area contributed by atoms with E-state index in [2.05, 4.69) is 32.3 Å². The van der Waals surface area contributed by atoms with Crippen LogP contribution in [0.3, 0.4) is 0 Å². The van der Waals surface area contributed by atoms with Crippen molar-refractivity contribution in [3.63, 3.8) is 0 Å². The molecule has 0 fully saturated rings. The maximum atomic E-state index is 12.1. The topological polar surface area (TPSA) is 88.0 Å². The van der Waals surface area contributed by atoms with Crippen LogP contribution >= 0.6 is 11.3 Å². The molecule has 0 saturated heterocycles. The highest BCUT2D eigenvalue weighted by Crippen LogP contribution is 2.15. The molecular formula is C12H10N4O2S. The lowest BCUT2D eigenvalue weighted by molar-refractivity contribution is 0.102. The lowest BCUT2D eigenvalue weighted by atomic mass is 10.1. The highest BCUT2D eigenvalue weighted by atomic mass is 32.1. The van der Waals surface area contributed by atoms with Crippen LogP contribution in [-0.4, -0.2) is 32.8 Å². The minimum Gasteiger partial charge on any atom is -0.384 e. The van der Waals surface area contributed by atoms with Gasteiger partial charge in [0.2, 0.25) is 5.13 Å². The molecule has 96 valence electrons. The van der Waals surface area contributed by atoms with Crippen molar-refractivity contribution >= 4 is 22.4 Å². The van der Waals surface area contributed by atoms with Crippen molar-refractivity contribution in [2.45, 2.75) is 6.92 Å². The first-order valence-electron chi connectivity index (χ1n) is 5.36. The van der Waals surface area contributed by atoms with Crippen molar-refractivity contribution in [1.82, 2.24) is 15.2 Å². The van der Waals surface area contributed by atoms with E-state index < -0.39 is 0 Å². The van der Waals surface area contributed by atoms with Crippen molar-refractivity contribution in [3.8, 4) is 11.8 Å². The molecule has 6 nitrogen and oxygen atoms in total.